The molecule has 0 saturated carbocycles. The standard InChI is InChI=1S/C13H25N3O/c1-10-8-16(15-14-10)13(5,6)9-12(3,4)7-11(2)17/h8,14-15,17H,2,7,9H2,1,3-6H3. The molecular weight excluding hydrogens is 214 g/mol. The lowest BCUT2D eigenvalue weighted by atomic mass is 9.77. The molecule has 0 atom stereocenters. The molecule has 1 rings (SSSR count). The van der Waals surface area contributed by atoms with E-state index in [9.17, 15) is 5.11 Å². The van der Waals surface area contributed by atoms with Gasteiger partial charge in [0.15, 0.2) is 0 Å². The Morgan fingerprint density at radius 3 is 2.41 bits per heavy atom. The smallest absolute Gasteiger partial charge is 0.0856 e. The molecule has 4 nitrogen and oxygen atoms in total. The highest BCUT2D eigenvalue weighted by Crippen LogP contribution is 2.36. The first-order chi connectivity index (χ1) is 7.62. The fourth-order valence-electron chi connectivity index (χ4n) is 2.60. The molecule has 0 aromatic carbocycles. The van der Waals surface area contributed by atoms with Crippen LogP contribution in [-0.4, -0.2) is 15.7 Å². The van der Waals surface area contributed by atoms with Gasteiger partial charge >= 0.3 is 0 Å². The maximum Gasteiger partial charge on any atom is 0.0856 e. The molecule has 0 fully saturated rings. The lowest BCUT2D eigenvalue weighted by Crippen LogP contribution is -2.51. The number of rotatable bonds is 5. The van der Waals surface area contributed by atoms with Crippen molar-refractivity contribution in [2.75, 3.05) is 0 Å². The number of nitrogens with one attached hydrogen (secondary N) is 2. The molecule has 1 aliphatic heterocycles. The van der Waals surface area contributed by atoms with E-state index in [4.69, 9.17) is 0 Å². The molecule has 0 aromatic heterocycles. The van der Waals surface area contributed by atoms with Crippen LogP contribution in [0, 0.1) is 5.41 Å². The van der Waals surface area contributed by atoms with Crippen LogP contribution in [-0.2, 0) is 0 Å². The Morgan fingerprint density at radius 1 is 1.41 bits per heavy atom. The summed E-state index contributed by atoms with van der Waals surface area (Å²) in [6.45, 7) is 14.3. The largest absolute Gasteiger partial charge is 0.513 e. The molecule has 0 radical (unpaired) electrons. The molecule has 3 N–H and O–H groups in total. The summed E-state index contributed by atoms with van der Waals surface area (Å²) in [6, 6.07) is 0. The Hall–Kier alpha value is -1.16. The van der Waals surface area contributed by atoms with Crippen LogP contribution in [0.1, 0.15) is 47.5 Å². The minimum absolute atomic E-state index is 0.0152. The Bertz CT molecular complexity index is 332. The van der Waals surface area contributed by atoms with Crippen LogP contribution < -0.4 is 11.0 Å². The quantitative estimate of drug-likeness (QED) is 0.646. The average Bonchev–Trinajstić information content (AvgIpc) is 2.46. The lowest BCUT2D eigenvalue weighted by molar-refractivity contribution is 0.0694. The normalized spacial score (nSPS) is 16.8. The van der Waals surface area contributed by atoms with Gasteiger partial charge in [0.2, 0.25) is 0 Å². The molecule has 0 aliphatic carbocycles. The average molecular weight is 239 g/mol. The first kappa shape index (κ1) is 13.9. The second-order valence-corrected chi connectivity index (χ2v) is 6.32. The summed E-state index contributed by atoms with van der Waals surface area (Å²) in [5.74, 6) is 0.255. The van der Waals surface area contributed by atoms with Gasteiger partial charge in [0.1, 0.15) is 0 Å². The monoisotopic (exact) mass is 239 g/mol. The molecule has 1 heterocycles. The highest BCUT2D eigenvalue weighted by atomic mass is 16.3. The first-order valence-electron chi connectivity index (χ1n) is 5.99. The Labute approximate surface area is 104 Å². The highest BCUT2D eigenvalue weighted by Gasteiger charge is 2.34. The molecule has 0 aromatic rings. The van der Waals surface area contributed by atoms with Crippen molar-refractivity contribution in [1.29, 1.82) is 0 Å². The first-order valence-corrected chi connectivity index (χ1v) is 5.99. The number of hydrogen-bond acceptors (Lipinski definition) is 4. The summed E-state index contributed by atoms with van der Waals surface area (Å²) in [5, 5.41) is 11.4. The van der Waals surface area contributed by atoms with Gasteiger partial charge in [-0.15, -0.1) is 5.53 Å². The summed E-state index contributed by atoms with van der Waals surface area (Å²) < 4.78 is 0. The molecular formula is C13H25N3O. The van der Waals surface area contributed by atoms with Crippen LogP contribution in [0.5, 0.6) is 0 Å². The third-order valence-electron chi connectivity index (χ3n) is 2.94. The molecule has 98 valence electrons. The number of hydrazine groups is 2. The summed E-state index contributed by atoms with van der Waals surface area (Å²) in [6.07, 6.45) is 3.63. The van der Waals surface area contributed by atoms with E-state index in [1.807, 2.05) is 6.92 Å². The van der Waals surface area contributed by atoms with E-state index in [0.29, 0.717) is 6.42 Å². The van der Waals surface area contributed by atoms with Gasteiger partial charge in [0, 0.05) is 18.3 Å². The van der Waals surface area contributed by atoms with Gasteiger partial charge in [-0.25, -0.2) is 0 Å². The van der Waals surface area contributed by atoms with Crippen molar-refractivity contribution in [1.82, 2.24) is 16.0 Å². The zero-order chi connectivity index (χ0) is 13.3. The molecule has 1 aliphatic rings. The van der Waals surface area contributed by atoms with Gasteiger partial charge in [0.05, 0.1) is 11.3 Å². The number of nitrogens with zero attached hydrogens (tertiary/aromatic N) is 1. The Morgan fingerprint density at radius 2 is 2.00 bits per heavy atom. The summed E-state index contributed by atoms with van der Waals surface area (Å²) in [5.41, 5.74) is 7.28. The molecule has 0 amide bonds. The van der Waals surface area contributed by atoms with Gasteiger partial charge in [-0.2, -0.15) is 0 Å². The van der Waals surface area contributed by atoms with Gasteiger partial charge in [-0.1, -0.05) is 20.4 Å². The van der Waals surface area contributed by atoms with Crippen molar-refractivity contribution in [2.45, 2.75) is 53.0 Å². The summed E-state index contributed by atoms with van der Waals surface area (Å²) in [7, 11) is 0. The van der Waals surface area contributed by atoms with Crippen molar-refractivity contribution < 1.29 is 5.11 Å². The minimum Gasteiger partial charge on any atom is -0.513 e. The maximum absolute atomic E-state index is 9.34. The fraction of sp³-hybridized carbons (Fsp3) is 0.692. The SMILES string of the molecule is C=C(O)CC(C)(C)CC(C)(C)N1C=C(C)NN1. The second kappa shape index (κ2) is 4.61. The van der Waals surface area contributed by atoms with Crippen LogP contribution in [0.25, 0.3) is 0 Å². The predicted molar refractivity (Wildman–Crippen MR) is 70.7 cm³/mol. The maximum atomic E-state index is 9.34. The van der Waals surface area contributed by atoms with Gasteiger partial charge in [-0.3, -0.25) is 5.01 Å². The van der Waals surface area contributed by atoms with E-state index in [-0.39, 0.29) is 16.7 Å². The molecule has 0 spiro atoms. The van der Waals surface area contributed by atoms with E-state index in [2.05, 4.69) is 56.4 Å². The minimum atomic E-state index is -0.0380. The van der Waals surface area contributed by atoms with Crippen LogP contribution in [0.2, 0.25) is 0 Å². The van der Waals surface area contributed by atoms with Gasteiger partial charge < -0.3 is 10.5 Å². The Kier molecular flexibility index (Phi) is 3.77. The van der Waals surface area contributed by atoms with Crippen molar-refractivity contribution in [3.8, 4) is 0 Å². The van der Waals surface area contributed by atoms with Crippen LogP contribution >= 0.6 is 0 Å². The predicted octanol–water partition coefficient (Wildman–Crippen LogP) is 2.83. The molecule has 0 bridgehead atoms. The number of hydrogen-bond donors (Lipinski definition) is 3. The van der Waals surface area contributed by atoms with Crippen molar-refractivity contribution >= 4 is 0 Å². The zero-order valence-electron chi connectivity index (χ0n) is 11.6. The topological polar surface area (TPSA) is 47.5 Å². The van der Waals surface area contributed by atoms with E-state index < -0.39 is 0 Å². The van der Waals surface area contributed by atoms with E-state index in [1.54, 1.807) is 0 Å². The van der Waals surface area contributed by atoms with E-state index >= 15 is 0 Å². The van der Waals surface area contributed by atoms with Crippen LogP contribution in [0.4, 0.5) is 0 Å². The molecule has 4 heteroatoms. The van der Waals surface area contributed by atoms with Crippen molar-refractivity contribution in [2.24, 2.45) is 5.41 Å². The number of allylic oxidation sites excluding steroid dienone is 2. The fourth-order valence-corrected chi connectivity index (χ4v) is 2.60. The summed E-state index contributed by atoms with van der Waals surface area (Å²) in [4.78, 5) is 0. The lowest BCUT2D eigenvalue weighted by Gasteiger charge is -2.40. The molecule has 17 heavy (non-hydrogen) atoms. The van der Waals surface area contributed by atoms with Gasteiger partial charge in [-0.05, 0) is 32.6 Å². The number of aliphatic hydroxyl groups excluding tert-OH is 1. The zero-order valence-corrected chi connectivity index (χ0v) is 11.6. The van der Waals surface area contributed by atoms with Crippen LogP contribution in [0.15, 0.2) is 24.2 Å². The summed E-state index contributed by atoms with van der Waals surface area (Å²) >= 11 is 0. The second-order valence-electron chi connectivity index (χ2n) is 6.32. The molecule has 0 saturated heterocycles. The van der Waals surface area contributed by atoms with Gasteiger partial charge in [0.25, 0.3) is 0 Å². The highest BCUT2D eigenvalue weighted by molar-refractivity contribution is 5.03. The molecule has 0 unspecified atom stereocenters. The number of aliphatic hydroxyl groups is 1. The van der Waals surface area contributed by atoms with E-state index in [0.717, 1.165) is 12.1 Å². The van der Waals surface area contributed by atoms with Crippen molar-refractivity contribution in [3.63, 3.8) is 0 Å². The third-order valence-corrected chi connectivity index (χ3v) is 2.94. The Balaban J connectivity index is 2.68. The van der Waals surface area contributed by atoms with E-state index in [1.165, 1.54) is 0 Å². The third kappa shape index (κ3) is 3.97. The van der Waals surface area contributed by atoms with Crippen molar-refractivity contribution in [3.05, 3.63) is 24.2 Å². The van der Waals surface area contributed by atoms with Crippen LogP contribution in [0.3, 0.4) is 0 Å².